The number of hydrogen-bond donors (Lipinski definition) is 2. The summed E-state index contributed by atoms with van der Waals surface area (Å²) in [7, 11) is 0. The van der Waals surface area contributed by atoms with E-state index in [1.54, 1.807) is 0 Å². The SMILES string of the molecule is CC(C)CN1CCNC(=O)C1CO. The molecule has 1 aliphatic heterocycles. The van der Waals surface area contributed by atoms with Crippen molar-refractivity contribution >= 4 is 5.91 Å². The van der Waals surface area contributed by atoms with Gasteiger partial charge in [-0.3, -0.25) is 9.69 Å². The van der Waals surface area contributed by atoms with E-state index in [2.05, 4.69) is 19.2 Å². The third-order valence-corrected chi connectivity index (χ3v) is 2.21. The van der Waals surface area contributed by atoms with Crippen molar-refractivity contribution in [1.82, 2.24) is 10.2 Å². The van der Waals surface area contributed by atoms with Crippen LogP contribution in [0.2, 0.25) is 0 Å². The summed E-state index contributed by atoms with van der Waals surface area (Å²) in [6, 6.07) is -0.337. The molecule has 1 saturated heterocycles. The van der Waals surface area contributed by atoms with E-state index in [1.165, 1.54) is 0 Å². The van der Waals surface area contributed by atoms with Crippen LogP contribution in [0, 0.1) is 5.92 Å². The summed E-state index contributed by atoms with van der Waals surface area (Å²) in [6.45, 7) is 6.55. The van der Waals surface area contributed by atoms with E-state index in [4.69, 9.17) is 5.11 Å². The first-order valence-corrected chi connectivity index (χ1v) is 4.77. The molecule has 0 saturated carbocycles. The standard InChI is InChI=1S/C9H18N2O2/c1-7(2)5-11-4-3-10-9(13)8(11)6-12/h7-8,12H,3-6H2,1-2H3,(H,10,13). The van der Waals surface area contributed by atoms with Crippen molar-refractivity contribution in [1.29, 1.82) is 0 Å². The Hall–Kier alpha value is -0.610. The van der Waals surface area contributed by atoms with Gasteiger partial charge in [0.05, 0.1) is 6.61 Å². The van der Waals surface area contributed by atoms with Gasteiger partial charge in [-0.05, 0) is 5.92 Å². The van der Waals surface area contributed by atoms with Gasteiger partial charge in [0.2, 0.25) is 5.91 Å². The van der Waals surface area contributed by atoms with E-state index in [0.29, 0.717) is 12.5 Å². The lowest BCUT2D eigenvalue weighted by atomic mass is 10.1. The Bertz CT molecular complexity index is 182. The third kappa shape index (κ3) is 2.67. The number of nitrogens with zero attached hydrogens (tertiary/aromatic N) is 1. The maximum atomic E-state index is 11.3. The van der Waals surface area contributed by atoms with Crippen LogP contribution < -0.4 is 5.32 Å². The Morgan fingerprint density at radius 3 is 2.92 bits per heavy atom. The van der Waals surface area contributed by atoms with Crippen LogP contribution in [0.3, 0.4) is 0 Å². The van der Waals surface area contributed by atoms with Gasteiger partial charge in [0.25, 0.3) is 0 Å². The number of aliphatic hydroxyl groups is 1. The van der Waals surface area contributed by atoms with Crippen molar-refractivity contribution < 1.29 is 9.90 Å². The summed E-state index contributed by atoms with van der Waals surface area (Å²) < 4.78 is 0. The lowest BCUT2D eigenvalue weighted by Crippen LogP contribution is -2.57. The van der Waals surface area contributed by atoms with Crippen LogP contribution in [-0.2, 0) is 4.79 Å². The number of hydrogen-bond acceptors (Lipinski definition) is 3. The first-order chi connectivity index (χ1) is 6.15. The highest BCUT2D eigenvalue weighted by Crippen LogP contribution is 2.07. The van der Waals surface area contributed by atoms with Crippen molar-refractivity contribution in [2.75, 3.05) is 26.2 Å². The number of carbonyl (C=O) groups is 1. The Balaban J connectivity index is 2.54. The molecule has 1 aliphatic rings. The average molecular weight is 186 g/mol. The zero-order chi connectivity index (χ0) is 9.84. The summed E-state index contributed by atoms with van der Waals surface area (Å²) >= 11 is 0. The van der Waals surface area contributed by atoms with E-state index in [0.717, 1.165) is 13.1 Å². The molecule has 0 bridgehead atoms. The number of carbonyl (C=O) groups excluding carboxylic acids is 1. The number of rotatable bonds is 3. The van der Waals surface area contributed by atoms with E-state index in [-0.39, 0.29) is 18.6 Å². The largest absolute Gasteiger partial charge is 0.394 e. The second-order valence-electron chi connectivity index (χ2n) is 3.88. The quantitative estimate of drug-likeness (QED) is 0.621. The van der Waals surface area contributed by atoms with Gasteiger partial charge in [0, 0.05) is 19.6 Å². The zero-order valence-corrected chi connectivity index (χ0v) is 8.29. The fourth-order valence-electron chi connectivity index (χ4n) is 1.65. The van der Waals surface area contributed by atoms with E-state index < -0.39 is 0 Å². The predicted octanol–water partition coefficient (Wildman–Crippen LogP) is -0.565. The number of amides is 1. The molecule has 1 atom stereocenters. The third-order valence-electron chi connectivity index (χ3n) is 2.21. The smallest absolute Gasteiger partial charge is 0.239 e. The number of nitrogens with one attached hydrogen (secondary N) is 1. The molecule has 0 aliphatic carbocycles. The fourth-order valence-corrected chi connectivity index (χ4v) is 1.65. The van der Waals surface area contributed by atoms with Gasteiger partial charge in [-0.1, -0.05) is 13.8 Å². The Morgan fingerprint density at radius 2 is 2.38 bits per heavy atom. The van der Waals surface area contributed by atoms with Gasteiger partial charge in [-0.25, -0.2) is 0 Å². The molecular weight excluding hydrogens is 168 g/mol. The molecule has 4 heteroatoms. The molecule has 4 nitrogen and oxygen atoms in total. The van der Waals surface area contributed by atoms with Crippen molar-refractivity contribution in [2.45, 2.75) is 19.9 Å². The van der Waals surface area contributed by atoms with Crippen LogP contribution in [0.15, 0.2) is 0 Å². The molecule has 1 amide bonds. The normalized spacial score (nSPS) is 24.9. The highest BCUT2D eigenvalue weighted by atomic mass is 16.3. The number of piperazine rings is 1. The van der Waals surface area contributed by atoms with Crippen LogP contribution in [0.4, 0.5) is 0 Å². The predicted molar refractivity (Wildman–Crippen MR) is 50.3 cm³/mol. The molecule has 2 N–H and O–H groups in total. The fraction of sp³-hybridized carbons (Fsp3) is 0.889. The van der Waals surface area contributed by atoms with E-state index in [1.807, 2.05) is 4.90 Å². The molecule has 1 fully saturated rings. The van der Waals surface area contributed by atoms with Gasteiger partial charge < -0.3 is 10.4 Å². The van der Waals surface area contributed by atoms with Crippen LogP contribution in [0.25, 0.3) is 0 Å². The molecule has 76 valence electrons. The summed E-state index contributed by atoms with van der Waals surface area (Å²) in [5.41, 5.74) is 0. The minimum absolute atomic E-state index is 0.0469. The van der Waals surface area contributed by atoms with Crippen LogP contribution in [0.5, 0.6) is 0 Å². The maximum absolute atomic E-state index is 11.3. The first kappa shape index (κ1) is 10.5. The molecule has 0 spiro atoms. The topological polar surface area (TPSA) is 52.6 Å². The van der Waals surface area contributed by atoms with Crippen LogP contribution in [-0.4, -0.2) is 48.2 Å². The Kier molecular flexibility index (Phi) is 3.69. The zero-order valence-electron chi connectivity index (χ0n) is 8.29. The molecule has 0 aromatic rings. The highest BCUT2D eigenvalue weighted by molar-refractivity contribution is 5.82. The minimum atomic E-state index is -0.337. The van der Waals surface area contributed by atoms with E-state index >= 15 is 0 Å². The monoisotopic (exact) mass is 186 g/mol. The highest BCUT2D eigenvalue weighted by Gasteiger charge is 2.28. The van der Waals surface area contributed by atoms with Crippen molar-refractivity contribution in [3.8, 4) is 0 Å². The Morgan fingerprint density at radius 1 is 1.69 bits per heavy atom. The summed E-state index contributed by atoms with van der Waals surface area (Å²) in [4.78, 5) is 13.3. The van der Waals surface area contributed by atoms with Crippen molar-refractivity contribution in [3.63, 3.8) is 0 Å². The second-order valence-corrected chi connectivity index (χ2v) is 3.88. The molecule has 0 aromatic heterocycles. The van der Waals surface area contributed by atoms with Gasteiger partial charge in [-0.15, -0.1) is 0 Å². The lowest BCUT2D eigenvalue weighted by Gasteiger charge is -2.34. The second kappa shape index (κ2) is 4.58. The van der Waals surface area contributed by atoms with Crippen LogP contribution in [0.1, 0.15) is 13.8 Å². The summed E-state index contributed by atoms with van der Waals surface area (Å²) in [5, 5.41) is 11.8. The first-order valence-electron chi connectivity index (χ1n) is 4.77. The van der Waals surface area contributed by atoms with E-state index in [9.17, 15) is 4.79 Å². The van der Waals surface area contributed by atoms with Gasteiger partial charge >= 0.3 is 0 Å². The minimum Gasteiger partial charge on any atom is -0.394 e. The van der Waals surface area contributed by atoms with Gasteiger partial charge in [0.15, 0.2) is 0 Å². The maximum Gasteiger partial charge on any atom is 0.239 e. The summed E-state index contributed by atoms with van der Waals surface area (Å²) in [6.07, 6.45) is 0. The molecule has 13 heavy (non-hydrogen) atoms. The molecule has 1 unspecified atom stereocenters. The molecular formula is C9H18N2O2. The Labute approximate surface area is 78.9 Å². The molecule has 1 rings (SSSR count). The van der Waals surface area contributed by atoms with Crippen LogP contribution >= 0.6 is 0 Å². The summed E-state index contributed by atoms with van der Waals surface area (Å²) in [5.74, 6) is 0.481. The van der Waals surface area contributed by atoms with Gasteiger partial charge in [-0.2, -0.15) is 0 Å². The van der Waals surface area contributed by atoms with Crippen molar-refractivity contribution in [2.24, 2.45) is 5.92 Å². The lowest BCUT2D eigenvalue weighted by molar-refractivity contribution is -0.130. The number of aliphatic hydroxyl groups excluding tert-OH is 1. The molecule has 1 heterocycles. The molecule has 0 aromatic carbocycles. The van der Waals surface area contributed by atoms with Crippen molar-refractivity contribution in [3.05, 3.63) is 0 Å². The van der Waals surface area contributed by atoms with Gasteiger partial charge in [0.1, 0.15) is 6.04 Å². The average Bonchev–Trinajstić information content (AvgIpc) is 2.03. The molecule has 0 radical (unpaired) electrons.